The number of ether oxygens (including phenoxy) is 3. The Morgan fingerprint density at radius 2 is 1.83 bits per heavy atom. The number of rotatable bonds is 5. The Bertz CT molecular complexity index is 956. The summed E-state index contributed by atoms with van der Waals surface area (Å²) in [6, 6.07) is 9.69. The van der Waals surface area contributed by atoms with E-state index in [0.29, 0.717) is 54.7 Å². The average molecular weight is 413 g/mol. The normalized spacial score (nSPS) is 15.7. The lowest BCUT2D eigenvalue weighted by atomic mass is 10.1. The monoisotopic (exact) mass is 413 g/mol. The number of piperazine rings is 1. The number of fused-ring (bicyclic) bond motifs is 1. The average Bonchev–Trinajstić information content (AvgIpc) is 3.20. The lowest BCUT2D eigenvalue weighted by molar-refractivity contribution is -0.117. The first kappa shape index (κ1) is 19.8. The highest BCUT2D eigenvalue weighted by Crippen LogP contribution is 2.40. The van der Waals surface area contributed by atoms with Crippen molar-refractivity contribution in [3.63, 3.8) is 0 Å². The summed E-state index contributed by atoms with van der Waals surface area (Å²) in [6.45, 7) is 2.52. The zero-order valence-electron chi connectivity index (χ0n) is 16.6. The van der Waals surface area contributed by atoms with Gasteiger partial charge in [0, 0.05) is 43.9 Å². The molecule has 0 unspecified atom stereocenters. The van der Waals surface area contributed by atoms with Crippen LogP contribution in [0.3, 0.4) is 0 Å². The fourth-order valence-electron chi connectivity index (χ4n) is 3.51. The number of aromatic hydroxyl groups is 1. The van der Waals surface area contributed by atoms with Crippen molar-refractivity contribution in [2.75, 3.05) is 51.9 Å². The maximum absolute atomic E-state index is 12.6. The van der Waals surface area contributed by atoms with E-state index in [0.717, 1.165) is 0 Å². The summed E-state index contributed by atoms with van der Waals surface area (Å²) in [5, 5.41) is 12.4. The summed E-state index contributed by atoms with van der Waals surface area (Å²) >= 11 is 0. The predicted octanol–water partition coefficient (Wildman–Crippen LogP) is 1.53. The third-order valence-electron chi connectivity index (χ3n) is 5.09. The SMILES string of the molecule is COc1cc2c(cc1NC(=O)CN1CCN(C(=O)c3cccc(O)c3)CC1)OCO2. The third-order valence-corrected chi connectivity index (χ3v) is 5.09. The molecule has 2 aromatic rings. The quantitative estimate of drug-likeness (QED) is 0.767. The number of anilines is 1. The molecule has 0 atom stereocenters. The van der Waals surface area contributed by atoms with Crippen LogP contribution in [0.25, 0.3) is 0 Å². The van der Waals surface area contributed by atoms with Gasteiger partial charge in [0.1, 0.15) is 11.5 Å². The van der Waals surface area contributed by atoms with Gasteiger partial charge in [0.05, 0.1) is 19.3 Å². The van der Waals surface area contributed by atoms with E-state index in [9.17, 15) is 14.7 Å². The second-order valence-corrected chi connectivity index (χ2v) is 7.07. The maximum Gasteiger partial charge on any atom is 0.254 e. The molecule has 158 valence electrons. The molecular formula is C21H23N3O6. The third kappa shape index (κ3) is 4.25. The topological polar surface area (TPSA) is 101 Å². The van der Waals surface area contributed by atoms with Gasteiger partial charge in [-0.1, -0.05) is 6.07 Å². The van der Waals surface area contributed by atoms with Crippen molar-refractivity contribution in [1.82, 2.24) is 9.80 Å². The van der Waals surface area contributed by atoms with Gasteiger partial charge in [0.25, 0.3) is 5.91 Å². The van der Waals surface area contributed by atoms with Crippen LogP contribution in [0.4, 0.5) is 5.69 Å². The molecule has 0 aromatic heterocycles. The molecule has 2 amide bonds. The van der Waals surface area contributed by atoms with Crippen molar-refractivity contribution < 1.29 is 28.9 Å². The summed E-state index contributed by atoms with van der Waals surface area (Å²) in [4.78, 5) is 28.8. The van der Waals surface area contributed by atoms with Gasteiger partial charge in [-0.2, -0.15) is 0 Å². The molecule has 0 saturated carbocycles. The van der Waals surface area contributed by atoms with E-state index in [2.05, 4.69) is 5.32 Å². The largest absolute Gasteiger partial charge is 0.508 e. The Balaban J connectivity index is 1.31. The van der Waals surface area contributed by atoms with Gasteiger partial charge in [-0.15, -0.1) is 0 Å². The Morgan fingerprint density at radius 3 is 2.53 bits per heavy atom. The highest BCUT2D eigenvalue weighted by atomic mass is 16.7. The maximum atomic E-state index is 12.6. The number of methoxy groups -OCH3 is 1. The molecule has 9 nitrogen and oxygen atoms in total. The molecule has 0 radical (unpaired) electrons. The van der Waals surface area contributed by atoms with Gasteiger partial charge in [-0.05, 0) is 18.2 Å². The number of nitrogens with one attached hydrogen (secondary N) is 1. The van der Waals surface area contributed by atoms with Crippen LogP contribution in [0, 0.1) is 0 Å². The standard InChI is InChI=1S/C21H23N3O6/c1-28-17-11-19-18(29-13-30-19)10-16(17)22-20(26)12-23-5-7-24(8-6-23)21(27)14-3-2-4-15(25)9-14/h2-4,9-11,25H,5-8,12-13H2,1H3,(H,22,26). The minimum absolute atomic E-state index is 0.0649. The molecule has 2 N–H and O–H groups in total. The van der Waals surface area contributed by atoms with Crippen molar-refractivity contribution in [2.45, 2.75) is 0 Å². The van der Waals surface area contributed by atoms with Crippen molar-refractivity contribution in [1.29, 1.82) is 0 Å². The molecule has 2 aliphatic rings. The molecule has 1 fully saturated rings. The van der Waals surface area contributed by atoms with Crippen LogP contribution >= 0.6 is 0 Å². The Kier molecular flexibility index (Phi) is 5.62. The first-order valence-corrected chi connectivity index (χ1v) is 9.61. The molecule has 0 spiro atoms. The van der Waals surface area contributed by atoms with Crippen molar-refractivity contribution in [3.8, 4) is 23.0 Å². The predicted molar refractivity (Wildman–Crippen MR) is 108 cm³/mol. The molecule has 2 aromatic carbocycles. The molecule has 1 saturated heterocycles. The van der Waals surface area contributed by atoms with Gasteiger partial charge in [-0.3, -0.25) is 14.5 Å². The zero-order valence-corrected chi connectivity index (χ0v) is 16.6. The van der Waals surface area contributed by atoms with Crippen LogP contribution < -0.4 is 19.5 Å². The van der Waals surface area contributed by atoms with E-state index in [1.807, 2.05) is 4.90 Å². The number of carbonyl (C=O) groups excluding carboxylic acids is 2. The van der Waals surface area contributed by atoms with Crippen LogP contribution in [0.15, 0.2) is 36.4 Å². The molecule has 9 heteroatoms. The summed E-state index contributed by atoms with van der Waals surface area (Å²) in [5.41, 5.74) is 0.973. The summed E-state index contributed by atoms with van der Waals surface area (Å²) in [5.74, 6) is 1.40. The van der Waals surface area contributed by atoms with E-state index >= 15 is 0 Å². The summed E-state index contributed by atoms with van der Waals surface area (Å²) < 4.78 is 16.0. The number of nitrogens with zero attached hydrogens (tertiary/aromatic N) is 2. The number of amides is 2. The van der Waals surface area contributed by atoms with Crippen LogP contribution in [-0.4, -0.2) is 73.3 Å². The summed E-state index contributed by atoms with van der Waals surface area (Å²) in [6.07, 6.45) is 0. The smallest absolute Gasteiger partial charge is 0.254 e. The minimum Gasteiger partial charge on any atom is -0.508 e. The number of carbonyl (C=O) groups is 2. The Hall–Kier alpha value is -3.46. The molecule has 0 aliphatic carbocycles. The second kappa shape index (κ2) is 8.50. The molecule has 30 heavy (non-hydrogen) atoms. The fraction of sp³-hybridized carbons (Fsp3) is 0.333. The van der Waals surface area contributed by atoms with E-state index in [-0.39, 0.29) is 30.9 Å². The molecule has 0 bridgehead atoms. The van der Waals surface area contributed by atoms with Gasteiger partial charge in [-0.25, -0.2) is 0 Å². The molecule has 2 aliphatic heterocycles. The lowest BCUT2D eigenvalue weighted by Gasteiger charge is -2.34. The number of phenolic OH excluding ortho intramolecular Hbond substituents is 1. The van der Waals surface area contributed by atoms with E-state index in [1.54, 1.807) is 29.2 Å². The van der Waals surface area contributed by atoms with Crippen LogP contribution in [0.1, 0.15) is 10.4 Å². The van der Waals surface area contributed by atoms with E-state index in [1.165, 1.54) is 19.2 Å². The van der Waals surface area contributed by atoms with Gasteiger partial charge in [0.15, 0.2) is 11.5 Å². The zero-order chi connectivity index (χ0) is 21.1. The van der Waals surface area contributed by atoms with Crippen molar-refractivity contribution in [2.24, 2.45) is 0 Å². The first-order chi connectivity index (χ1) is 14.5. The van der Waals surface area contributed by atoms with Crippen molar-refractivity contribution >= 4 is 17.5 Å². The molecule has 4 rings (SSSR count). The first-order valence-electron chi connectivity index (χ1n) is 9.61. The molecular weight excluding hydrogens is 390 g/mol. The van der Waals surface area contributed by atoms with Gasteiger partial charge >= 0.3 is 0 Å². The number of hydrogen-bond acceptors (Lipinski definition) is 7. The lowest BCUT2D eigenvalue weighted by Crippen LogP contribution is -2.50. The van der Waals surface area contributed by atoms with Gasteiger partial charge < -0.3 is 29.5 Å². The highest BCUT2D eigenvalue weighted by molar-refractivity contribution is 5.95. The van der Waals surface area contributed by atoms with E-state index in [4.69, 9.17) is 14.2 Å². The van der Waals surface area contributed by atoms with E-state index < -0.39 is 0 Å². The molecule has 2 heterocycles. The van der Waals surface area contributed by atoms with Crippen LogP contribution in [0.2, 0.25) is 0 Å². The number of benzene rings is 2. The highest BCUT2D eigenvalue weighted by Gasteiger charge is 2.24. The summed E-state index contributed by atoms with van der Waals surface area (Å²) in [7, 11) is 1.52. The Morgan fingerprint density at radius 1 is 1.10 bits per heavy atom. The van der Waals surface area contributed by atoms with Crippen LogP contribution in [-0.2, 0) is 4.79 Å². The van der Waals surface area contributed by atoms with Crippen LogP contribution in [0.5, 0.6) is 23.0 Å². The van der Waals surface area contributed by atoms with Gasteiger partial charge in [0.2, 0.25) is 12.7 Å². The number of hydrogen-bond donors (Lipinski definition) is 2. The minimum atomic E-state index is -0.181. The van der Waals surface area contributed by atoms with Crippen molar-refractivity contribution in [3.05, 3.63) is 42.0 Å². The Labute approximate surface area is 173 Å². The number of phenols is 1. The fourth-order valence-corrected chi connectivity index (χ4v) is 3.51. The second-order valence-electron chi connectivity index (χ2n) is 7.07.